The van der Waals surface area contributed by atoms with Gasteiger partial charge in [-0.1, -0.05) is 41.9 Å². The van der Waals surface area contributed by atoms with E-state index in [2.05, 4.69) is 11.4 Å². The summed E-state index contributed by atoms with van der Waals surface area (Å²) in [5.74, 6) is -0.637. The van der Waals surface area contributed by atoms with E-state index in [1.165, 1.54) is 18.2 Å². The predicted octanol–water partition coefficient (Wildman–Crippen LogP) is 3.79. The quantitative estimate of drug-likeness (QED) is 0.586. The van der Waals surface area contributed by atoms with Crippen LogP contribution in [-0.4, -0.2) is 23.0 Å². The number of anilines is 1. The number of aromatic nitrogens is 1. The molecule has 0 spiro atoms. The number of carbonyl (C=O) groups is 2. The van der Waals surface area contributed by atoms with Gasteiger partial charge in [0.2, 0.25) is 0 Å². The molecule has 3 rings (SSSR count). The summed E-state index contributed by atoms with van der Waals surface area (Å²) in [4.78, 5) is 24.2. The first kappa shape index (κ1) is 21.9. The van der Waals surface area contributed by atoms with Crippen LogP contribution in [0.2, 0.25) is 5.02 Å². The maximum Gasteiger partial charge on any atom is 0.263 e. The minimum Gasteiger partial charge on any atom is -0.483 e. The largest absolute Gasteiger partial charge is 0.483 e. The van der Waals surface area contributed by atoms with Crippen LogP contribution < -0.4 is 15.8 Å². The lowest BCUT2D eigenvalue weighted by molar-refractivity contribution is -0.118. The topological polar surface area (TPSA) is 110 Å². The third-order valence-corrected chi connectivity index (χ3v) is 5.18. The summed E-state index contributed by atoms with van der Waals surface area (Å²) in [6.07, 6.45) is 0. The van der Waals surface area contributed by atoms with Crippen LogP contribution in [0, 0.1) is 25.2 Å². The zero-order valence-corrected chi connectivity index (χ0v) is 17.9. The normalized spacial score (nSPS) is 10.4. The fraction of sp³-hybridized carbons (Fsp3) is 0.174. The first-order chi connectivity index (χ1) is 14.8. The minimum atomic E-state index is -0.715. The van der Waals surface area contributed by atoms with Gasteiger partial charge < -0.3 is 20.4 Å². The second kappa shape index (κ2) is 9.37. The Labute approximate surface area is 185 Å². The molecule has 2 aromatic carbocycles. The predicted molar refractivity (Wildman–Crippen MR) is 118 cm³/mol. The van der Waals surface area contributed by atoms with Gasteiger partial charge in [0.05, 0.1) is 11.1 Å². The summed E-state index contributed by atoms with van der Waals surface area (Å²) in [5, 5.41) is 12.7. The van der Waals surface area contributed by atoms with Crippen molar-refractivity contribution in [1.82, 2.24) is 4.57 Å². The number of rotatable bonds is 7. The number of nitrogens with zero attached hydrogens (tertiary/aromatic N) is 2. The van der Waals surface area contributed by atoms with Crippen LogP contribution in [0.25, 0.3) is 0 Å². The van der Waals surface area contributed by atoms with Gasteiger partial charge in [-0.15, -0.1) is 0 Å². The molecular formula is C23H21ClN4O3. The molecule has 7 nitrogen and oxygen atoms in total. The van der Waals surface area contributed by atoms with Gasteiger partial charge in [0.1, 0.15) is 17.6 Å². The van der Waals surface area contributed by atoms with E-state index in [1.54, 1.807) is 0 Å². The van der Waals surface area contributed by atoms with Crippen molar-refractivity contribution in [3.05, 3.63) is 81.5 Å². The molecule has 3 N–H and O–H groups in total. The Kier molecular flexibility index (Phi) is 6.63. The smallest absolute Gasteiger partial charge is 0.263 e. The van der Waals surface area contributed by atoms with Crippen molar-refractivity contribution in [2.24, 2.45) is 5.73 Å². The number of benzene rings is 2. The van der Waals surface area contributed by atoms with E-state index < -0.39 is 11.8 Å². The van der Waals surface area contributed by atoms with Gasteiger partial charge in [-0.05, 0) is 43.2 Å². The number of hydrogen-bond acceptors (Lipinski definition) is 4. The van der Waals surface area contributed by atoms with E-state index in [-0.39, 0.29) is 17.9 Å². The third kappa shape index (κ3) is 4.87. The maximum absolute atomic E-state index is 12.6. The highest BCUT2D eigenvalue weighted by molar-refractivity contribution is 6.31. The van der Waals surface area contributed by atoms with Crippen LogP contribution in [0.1, 0.15) is 32.7 Å². The van der Waals surface area contributed by atoms with E-state index in [4.69, 9.17) is 22.1 Å². The highest BCUT2D eigenvalue weighted by Gasteiger charge is 2.20. The van der Waals surface area contributed by atoms with E-state index in [0.29, 0.717) is 22.9 Å². The van der Waals surface area contributed by atoms with Gasteiger partial charge in [0, 0.05) is 17.3 Å². The maximum atomic E-state index is 12.6. The molecule has 0 unspecified atom stereocenters. The molecule has 1 aromatic heterocycles. The van der Waals surface area contributed by atoms with Crippen molar-refractivity contribution < 1.29 is 14.3 Å². The van der Waals surface area contributed by atoms with Crippen LogP contribution in [0.15, 0.2) is 48.5 Å². The molecule has 0 saturated heterocycles. The SMILES string of the molecule is Cc1c(C#N)c(NC(=O)COc2ccc(Cl)cc2C(N)=O)n(Cc2ccccc2)c1C. The van der Waals surface area contributed by atoms with Crippen LogP contribution in [0.4, 0.5) is 5.82 Å². The Morgan fingerprint density at radius 2 is 1.90 bits per heavy atom. The molecule has 0 fully saturated rings. The molecule has 2 amide bonds. The summed E-state index contributed by atoms with van der Waals surface area (Å²) in [6.45, 7) is 3.86. The number of nitrogens with one attached hydrogen (secondary N) is 1. The van der Waals surface area contributed by atoms with Gasteiger partial charge in [-0.2, -0.15) is 5.26 Å². The zero-order chi connectivity index (χ0) is 22.5. The number of hydrogen-bond donors (Lipinski definition) is 2. The summed E-state index contributed by atoms with van der Waals surface area (Å²) >= 11 is 5.89. The summed E-state index contributed by atoms with van der Waals surface area (Å²) in [6, 6.07) is 16.3. The van der Waals surface area contributed by atoms with Crippen molar-refractivity contribution in [2.45, 2.75) is 20.4 Å². The second-order valence-corrected chi connectivity index (χ2v) is 7.40. The standard InChI is InChI=1S/C23H21ClN4O3/c1-14-15(2)28(12-16-6-4-3-5-7-16)23(19(14)11-25)27-21(29)13-31-20-9-8-17(24)10-18(20)22(26)30/h3-10H,12-13H2,1-2H3,(H2,26,30)(H,27,29). The highest BCUT2D eigenvalue weighted by atomic mass is 35.5. The molecule has 0 atom stereocenters. The average Bonchev–Trinajstić information content (AvgIpc) is 2.97. The Balaban J connectivity index is 1.82. The Hall–Kier alpha value is -3.76. The lowest BCUT2D eigenvalue weighted by Gasteiger charge is -2.14. The van der Waals surface area contributed by atoms with E-state index >= 15 is 0 Å². The number of ether oxygens (including phenoxy) is 1. The van der Waals surface area contributed by atoms with Gasteiger partial charge in [0.25, 0.3) is 11.8 Å². The molecule has 0 aliphatic heterocycles. The molecule has 0 aliphatic carbocycles. The number of nitriles is 1. The summed E-state index contributed by atoms with van der Waals surface area (Å²) in [7, 11) is 0. The Bertz CT molecular complexity index is 1180. The van der Waals surface area contributed by atoms with Crippen LogP contribution in [0.3, 0.4) is 0 Å². The molecular weight excluding hydrogens is 416 g/mol. The highest BCUT2D eigenvalue weighted by Crippen LogP contribution is 2.28. The fourth-order valence-electron chi connectivity index (χ4n) is 3.23. The summed E-state index contributed by atoms with van der Waals surface area (Å²) in [5.41, 5.74) is 8.53. The van der Waals surface area contributed by atoms with E-state index in [1.807, 2.05) is 48.7 Å². The van der Waals surface area contributed by atoms with E-state index in [0.717, 1.165) is 16.8 Å². The molecule has 0 saturated carbocycles. The molecule has 0 bridgehead atoms. The third-order valence-electron chi connectivity index (χ3n) is 4.95. The first-order valence-corrected chi connectivity index (χ1v) is 9.85. The monoisotopic (exact) mass is 436 g/mol. The Morgan fingerprint density at radius 3 is 2.55 bits per heavy atom. The number of amides is 2. The van der Waals surface area contributed by atoms with Crippen molar-refractivity contribution in [2.75, 3.05) is 11.9 Å². The molecule has 8 heteroatoms. The summed E-state index contributed by atoms with van der Waals surface area (Å²) < 4.78 is 7.38. The molecule has 158 valence electrons. The van der Waals surface area contributed by atoms with Crippen molar-refractivity contribution >= 4 is 29.2 Å². The number of halogens is 1. The lowest BCUT2D eigenvalue weighted by Crippen LogP contribution is -2.24. The molecule has 3 aromatic rings. The molecule has 0 aliphatic rings. The van der Waals surface area contributed by atoms with Crippen LogP contribution in [-0.2, 0) is 11.3 Å². The second-order valence-electron chi connectivity index (χ2n) is 6.96. The van der Waals surface area contributed by atoms with Gasteiger partial charge >= 0.3 is 0 Å². The average molecular weight is 437 g/mol. The van der Waals surface area contributed by atoms with Crippen molar-refractivity contribution in [3.63, 3.8) is 0 Å². The Morgan fingerprint density at radius 1 is 1.19 bits per heavy atom. The number of nitrogens with two attached hydrogens (primary N) is 1. The van der Waals surface area contributed by atoms with Gasteiger partial charge in [-0.25, -0.2) is 0 Å². The van der Waals surface area contributed by atoms with Gasteiger partial charge in [-0.3, -0.25) is 9.59 Å². The van der Waals surface area contributed by atoms with Crippen LogP contribution in [0.5, 0.6) is 5.75 Å². The lowest BCUT2D eigenvalue weighted by atomic mass is 10.2. The number of primary amides is 1. The fourth-order valence-corrected chi connectivity index (χ4v) is 3.40. The molecule has 0 radical (unpaired) electrons. The van der Waals surface area contributed by atoms with Crippen molar-refractivity contribution in [3.8, 4) is 11.8 Å². The minimum absolute atomic E-state index is 0.0807. The number of carbonyl (C=O) groups excluding carboxylic acids is 2. The molecule has 31 heavy (non-hydrogen) atoms. The van der Waals surface area contributed by atoms with Gasteiger partial charge in [0.15, 0.2) is 6.61 Å². The van der Waals surface area contributed by atoms with Crippen molar-refractivity contribution in [1.29, 1.82) is 5.26 Å². The first-order valence-electron chi connectivity index (χ1n) is 9.47. The van der Waals surface area contributed by atoms with E-state index in [9.17, 15) is 14.9 Å². The molecule has 1 heterocycles. The zero-order valence-electron chi connectivity index (χ0n) is 17.1. The van der Waals surface area contributed by atoms with Crippen LogP contribution >= 0.6 is 11.6 Å².